The van der Waals surface area contributed by atoms with Crippen molar-refractivity contribution in [3.8, 4) is 0 Å². The first-order chi connectivity index (χ1) is 6.90. The van der Waals surface area contributed by atoms with Crippen LogP contribution in [0.2, 0.25) is 0 Å². The Morgan fingerprint density at radius 3 is 2.47 bits per heavy atom. The summed E-state index contributed by atoms with van der Waals surface area (Å²) in [4.78, 5) is 25.0. The lowest BCUT2D eigenvalue weighted by Crippen LogP contribution is -2.37. The Balaban J connectivity index is 2.66. The SMILES string of the molecule is COC(=O)C1(C)CCN(C(=O)C(C)C)C1. The van der Waals surface area contributed by atoms with E-state index < -0.39 is 5.41 Å². The molecule has 1 saturated heterocycles. The number of amides is 1. The quantitative estimate of drug-likeness (QED) is 0.644. The van der Waals surface area contributed by atoms with E-state index in [1.54, 1.807) is 4.90 Å². The zero-order chi connectivity index (χ0) is 11.6. The Morgan fingerprint density at radius 1 is 1.40 bits per heavy atom. The van der Waals surface area contributed by atoms with Crippen molar-refractivity contribution in [1.82, 2.24) is 4.90 Å². The van der Waals surface area contributed by atoms with Crippen LogP contribution in [0, 0.1) is 11.3 Å². The molecule has 1 heterocycles. The van der Waals surface area contributed by atoms with Gasteiger partial charge in [0.25, 0.3) is 0 Å². The number of hydrogen-bond acceptors (Lipinski definition) is 3. The minimum Gasteiger partial charge on any atom is -0.469 e. The average molecular weight is 213 g/mol. The lowest BCUT2D eigenvalue weighted by atomic mass is 9.90. The average Bonchev–Trinajstić information content (AvgIpc) is 2.59. The molecule has 1 aliphatic rings. The monoisotopic (exact) mass is 213 g/mol. The van der Waals surface area contributed by atoms with Crippen molar-refractivity contribution >= 4 is 11.9 Å². The summed E-state index contributed by atoms with van der Waals surface area (Å²) in [6, 6.07) is 0. The van der Waals surface area contributed by atoms with Gasteiger partial charge in [0.15, 0.2) is 0 Å². The van der Waals surface area contributed by atoms with E-state index in [0.29, 0.717) is 19.5 Å². The first kappa shape index (κ1) is 12.0. The molecule has 4 nitrogen and oxygen atoms in total. The van der Waals surface area contributed by atoms with Crippen LogP contribution in [0.15, 0.2) is 0 Å². The maximum atomic E-state index is 11.7. The van der Waals surface area contributed by atoms with Crippen LogP contribution in [-0.2, 0) is 14.3 Å². The minimum absolute atomic E-state index is 0.00926. The van der Waals surface area contributed by atoms with Crippen LogP contribution in [0.1, 0.15) is 27.2 Å². The van der Waals surface area contributed by atoms with Crippen molar-refractivity contribution in [3.63, 3.8) is 0 Å². The molecule has 0 aliphatic carbocycles. The van der Waals surface area contributed by atoms with Crippen molar-refractivity contribution in [3.05, 3.63) is 0 Å². The Morgan fingerprint density at radius 2 is 2.00 bits per heavy atom. The van der Waals surface area contributed by atoms with Gasteiger partial charge in [0.1, 0.15) is 0 Å². The molecule has 1 unspecified atom stereocenters. The van der Waals surface area contributed by atoms with Crippen LogP contribution in [0.4, 0.5) is 0 Å². The first-order valence-corrected chi connectivity index (χ1v) is 5.28. The van der Waals surface area contributed by atoms with Crippen LogP contribution < -0.4 is 0 Å². The Kier molecular flexibility index (Phi) is 3.37. The highest BCUT2D eigenvalue weighted by molar-refractivity contribution is 5.82. The predicted octanol–water partition coefficient (Wildman–Crippen LogP) is 1.05. The molecule has 15 heavy (non-hydrogen) atoms. The lowest BCUT2D eigenvalue weighted by Gasteiger charge is -2.22. The molecule has 0 N–H and O–H groups in total. The van der Waals surface area contributed by atoms with E-state index in [4.69, 9.17) is 4.74 Å². The molecular weight excluding hydrogens is 194 g/mol. The smallest absolute Gasteiger partial charge is 0.313 e. The van der Waals surface area contributed by atoms with Gasteiger partial charge in [-0.25, -0.2) is 0 Å². The van der Waals surface area contributed by atoms with Gasteiger partial charge in [-0.1, -0.05) is 13.8 Å². The van der Waals surface area contributed by atoms with Crippen LogP contribution in [0.25, 0.3) is 0 Å². The topological polar surface area (TPSA) is 46.6 Å². The maximum absolute atomic E-state index is 11.7. The van der Waals surface area contributed by atoms with Gasteiger partial charge in [-0.05, 0) is 13.3 Å². The number of esters is 1. The predicted molar refractivity (Wildman–Crippen MR) is 56.2 cm³/mol. The Hall–Kier alpha value is -1.06. The summed E-state index contributed by atoms with van der Waals surface area (Å²) < 4.78 is 4.75. The van der Waals surface area contributed by atoms with Gasteiger partial charge in [0, 0.05) is 19.0 Å². The summed E-state index contributed by atoms with van der Waals surface area (Å²) in [6.45, 7) is 6.73. The molecule has 1 rings (SSSR count). The van der Waals surface area contributed by atoms with Crippen LogP contribution in [-0.4, -0.2) is 37.0 Å². The van der Waals surface area contributed by atoms with E-state index in [0.717, 1.165) is 0 Å². The van der Waals surface area contributed by atoms with Crippen molar-refractivity contribution in [1.29, 1.82) is 0 Å². The third-order valence-corrected chi connectivity index (χ3v) is 2.96. The molecule has 0 aromatic rings. The fourth-order valence-corrected chi connectivity index (χ4v) is 1.93. The summed E-state index contributed by atoms with van der Waals surface area (Å²) in [5.41, 5.74) is -0.515. The van der Waals surface area contributed by atoms with Crippen LogP contribution in [0.3, 0.4) is 0 Å². The summed E-state index contributed by atoms with van der Waals surface area (Å²) in [7, 11) is 1.39. The number of carbonyl (C=O) groups is 2. The van der Waals surface area contributed by atoms with Gasteiger partial charge in [0.2, 0.25) is 5.91 Å². The van der Waals surface area contributed by atoms with E-state index in [1.165, 1.54) is 7.11 Å². The van der Waals surface area contributed by atoms with Crippen molar-refractivity contribution in [2.75, 3.05) is 20.2 Å². The lowest BCUT2D eigenvalue weighted by molar-refractivity contribution is -0.151. The highest BCUT2D eigenvalue weighted by Gasteiger charge is 2.43. The summed E-state index contributed by atoms with van der Waals surface area (Å²) in [5.74, 6) is -0.116. The molecule has 86 valence electrons. The van der Waals surface area contributed by atoms with E-state index in [-0.39, 0.29) is 17.8 Å². The second-order valence-corrected chi connectivity index (χ2v) is 4.72. The largest absolute Gasteiger partial charge is 0.469 e. The minimum atomic E-state index is -0.515. The molecule has 0 radical (unpaired) electrons. The number of ether oxygens (including phenoxy) is 1. The normalized spacial score (nSPS) is 25.8. The van der Waals surface area contributed by atoms with Gasteiger partial charge in [-0.15, -0.1) is 0 Å². The molecule has 1 amide bonds. The highest BCUT2D eigenvalue weighted by Crippen LogP contribution is 2.31. The number of nitrogens with zero attached hydrogens (tertiary/aromatic N) is 1. The number of likely N-dealkylation sites (tertiary alicyclic amines) is 1. The van der Waals surface area contributed by atoms with Gasteiger partial charge in [-0.2, -0.15) is 0 Å². The number of carbonyl (C=O) groups excluding carboxylic acids is 2. The van der Waals surface area contributed by atoms with Gasteiger partial charge < -0.3 is 9.64 Å². The fraction of sp³-hybridized carbons (Fsp3) is 0.818. The molecule has 0 aromatic heterocycles. The molecule has 0 spiro atoms. The Bertz CT molecular complexity index is 275. The summed E-state index contributed by atoms with van der Waals surface area (Å²) >= 11 is 0. The van der Waals surface area contributed by atoms with Crippen LogP contribution in [0.5, 0.6) is 0 Å². The fourth-order valence-electron chi connectivity index (χ4n) is 1.93. The van der Waals surface area contributed by atoms with E-state index in [1.807, 2.05) is 20.8 Å². The second-order valence-electron chi connectivity index (χ2n) is 4.72. The van der Waals surface area contributed by atoms with Crippen molar-refractivity contribution < 1.29 is 14.3 Å². The molecule has 1 aliphatic heterocycles. The highest BCUT2D eigenvalue weighted by atomic mass is 16.5. The van der Waals surface area contributed by atoms with Gasteiger partial charge in [-0.3, -0.25) is 9.59 Å². The van der Waals surface area contributed by atoms with Gasteiger partial charge >= 0.3 is 5.97 Å². The zero-order valence-electron chi connectivity index (χ0n) is 9.87. The van der Waals surface area contributed by atoms with Crippen molar-refractivity contribution in [2.24, 2.45) is 11.3 Å². The number of hydrogen-bond donors (Lipinski definition) is 0. The maximum Gasteiger partial charge on any atom is 0.313 e. The molecule has 4 heteroatoms. The number of methoxy groups -OCH3 is 1. The third-order valence-electron chi connectivity index (χ3n) is 2.96. The summed E-state index contributed by atoms with van der Waals surface area (Å²) in [5, 5.41) is 0. The molecular formula is C11H19NO3. The molecule has 1 atom stereocenters. The second kappa shape index (κ2) is 4.21. The third kappa shape index (κ3) is 2.30. The number of rotatable bonds is 2. The molecule has 0 saturated carbocycles. The van der Waals surface area contributed by atoms with Gasteiger partial charge in [0.05, 0.1) is 12.5 Å². The van der Waals surface area contributed by atoms with Crippen LogP contribution >= 0.6 is 0 Å². The van der Waals surface area contributed by atoms with Crippen molar-refractivity contribution in [2.45, 2.75) is 27.2 Å². The summed E-state index contributed by atoms with van der Waals surface area (Å²) in [6.07, 6.45) is 0.693. The standard InChI is InChI=1S/C11H19NO3/c1-8(2)9(13)12-6-5-11(3,7-12)10(14)15-4/h8H,5-7H2,1-4H3. The van der Waals surface area contributed by atoms with E-state index in [2.05, 4.69) is 0 Å². The van der Waals surface area contributed by atoms with E-state index >= 15 is 0 Å². The molecule has 0 aromatic carbocycles. The first-order valence-electron chi connectivity index (χ1n) is 5.28. The zero-order valence-corrected chi connectivity index (χ0v) is 9.87. The molecule has 1 fully saturated rings. The van der Waals surface area contributed by atoms with E-state index in [9.17, 15) is 9.59 Å². The molecule has 0 bridgehead atoms. The Labute approximate surface area is 90.6 Å².